The molecule has 4 heterocycles. The second kappa shape index (κ2) is 21.4. The maximum absolute atomic E-state index is 16.6. The van der Waals surface area contributed by atoms with Gasteiger partial charge >= 0.3 is 12.1 Å². The van der Waals surface area contributed by atoms with Crippen LogP contribution in [-0.2, 0) is 40.6 Å². The van der Waals surface area contributed by atoms with Crippen molar-refractivity contribution in [2.45, 2.75) is 42.7 Å². The molecule has 3 amide bonds. The Morgan fingerprint density at radius 1 is 0.797 bits per heavy atom. The zero-order valence-corrected chi connectivity index (χ0v) is 40.0. The Balaban J connectivity index is 1.20. The minimum absolute atomic E-state index is 0.000160. The molecule has 0 unspecified atom stereocenters. The first-order valence-corrected chi connectivity index (χ1v) is 24.3. The molecule has 4 aliphatic heterocycles. The number of fused-ring (bicyclic) bond motifs is 3. The van der Waals surface area contributed by atoms with E-state index in [9.17, 15) is 25.1 Å². The van der Waals surface area contributed by atoms with Crippen LogP contribution in [0.3, 0.4) is 0 Å². The maximum Gasteiger partial charge on any atom is 0.421 e. The zero-order valence-electron chi connectivity index (χ0n) is 40.0. The first-order chi connectivity index (χ1) is 36.1. The van der Waals surface area contributed by atoms with Crippen LogP contribution < -0.4 is 19.9 Å². The van der Waals surface area contributed by atoms with Crippen LogP contribution in [0.15, 0.2) is 152 Å². The molecule has 376 valence electrons. The highest BCUT2D eigenvalue weighted by Gasteiger charge is 2.76. The van der Waals surface area contributed by atoms with E-state index in [1.54, 1.807) is 54.6 Å². The molecule has 3 N–H and O–H groups in total. The van der Waals surface area contributed by atoms with Gasteiger partial charge in [0.1, 0.15) is 36.5 Å². The summed E-state index contributed by atoms with van der Waals surface area (Å²) in [5, 5.41) is 33.9. The van der Waals surface area contributed by atoms with Gasteiger partial charge in [0.25, 0.3) is 5.69 Å². The van der Waals surface area contributed by atoms with Gasteiger partial charge in [-0.25, -0.2) is 9.69 Å². The number of nitro groups is 1. The molecule has 3 saturated heterocycles. The highest BCUT2D eigenvalue weighted by molar-refractivity contribution is 6.24. The summed E-state index contributed by atoms with van der Waals surface area (Å²) in [7, 11) is 0. The molecule has 6 aromatic carbocycles. The van der Waals surface area contributed by atoms with Crippen LogP contribution in [0.1, 0.15) is 58.0 Å². The van der Waals surface area contributed by atoms with E-state index in [4.69, 9.17) is 18.9 Å². The SMILES string of the molecule is O=C1O[C@@H](c2ccccc2)[C@@H](c2ccccc2)N2[C@@H](c3ccc(OCCO)cc3)[C@]3(C(=O)N(C(=O)OCc4ccc([N+](=O)[O-])cc4)c4ccc(C#CCCO)cc43)[C@@H](C(=O)Nc3ccc(N4CCOCC4)cc3)[C@H]12. The number of hydrogen-bond donors (Lipinski definition) is 3. The molecule has 0 saturated carbocycles. The Bertz CT molecular complexity index is 3110. The molecule has 17 heteroatoms. The van der Waals surface area contributed by atoms with Crippen molar-refractivity contribution < 1.29 is 53.3 Å². The van der Waals surface area contributed by atoms with Crippen molar-refractivity contribution in [2.24, 2.45) is 5.92 Å². The van der Waals surface area contributed by atoms with Gasteiger partial charge < -0.3 is 39.4 Å². The van der Waals surface area contributed by atoms with Crippen molar-refractivity contribution in [3.8, 4) is 17.6 Å². The maximum atomic E-state index is 16.6. The molecule has 6 atom stereocenters. The number of nitro benzene ring substituents is 1. The topological polar surface area (TPSA) is 211 Å². The first-order valence-electron chi connectivity index (χ1n) is 24.3. The highest BCUT2D eigenvalue weighted by Crippen LogP contribution is 2.66. The number of imide groups is 1. The average molecular weight is 998 g/mol. The van der Waals surface area contributed by atoms with Gasteiger partial charge in [0.05, 0.1) is 55.0 Å². The quantitative estimate of drug-likeness (QED) is 0.0453. The minimum Gasteiger partial charge on any atom is -0.491 e. The third kappa shape index (κ3) is 9.20. The molecule has 74 heavy (non-hydrogen) atoms. The number of esters is 1. The Hall–Kier alpha value is -8.40. The number of cyclic esters (lactones) is 1. The number of nitrogens with one attached hydrogen (secondary N) is 1. The number of ether oxygens (including phenoxy) is 4. The number of morpholine rings is 2. The average Bonchev–Trinajstić information content (AvgIpc) is 3.92. The Morgan fingerprint density at radius 3 is 2.15 bits per heavy atom. The largest absolute Gasteiger partial charge is 0.491 e. The molecule has 17 nitrogen and oxygen atoms in total. The molecular weight excluding hydrogens is 947 g/mol. The van der Waals surface area contributed by atoms with Gasteiger partial charge in [-0.15, -0.1) is 0 Å². The summed E-state index contributed by atoms with van der Waals surface area (Å²) in [4.78, 5) is 78.9. The van der Waals surface area contributed by atoms with Gasteiger partial charge in [-0.2, -0.15) is 0 Å². The van der Waals surface area contributed by atoms with Crippen LogP contribution in [0.25, 0.3) is 0 Å². The van der Waals surface area contributed by atoms with Crippen molar-refractivity contribution in [1.29, 1.82) is 0 Å². The zero-order chi connectivity index (χ0) is 51.3. The molecule has 3 fully saturated rings. The molecule has 10 rings (SSSR count). The third-order valence-electron chi connectivity index (χ3n) is 14.0. The van der Waals surface area contributed by atoms with Crippen molar-refractivity contribution >= 4 is 46.6 Å². The number of aliphatic hydroxyl groups excluding tert-OH is 2. The summed E-state index contributed by atoms with van der Waals surface area (Å²) in [6.45, 7) is 1.65. The van der Waals surface area contributed by atoms with Crippen LogP contribution in [0.4, 0.5) is 27.5 Å². The highest BCUT2D eigenvalue weighted by atomic mass is 16.6. The second-order valence-electron chi connectivity index (χ2n) is 18.2. The van der Waals surface area contributed by atoms with Crippen LogP contribution >= 0.6 is 0 Å². The summed E-state index contributed by atoms with van der Waals surface area (Å²) in [6.07, 6.45) is -1.95. The van der Waals surface area contributed by atoms with Crippen molar-refractivity contribution in [1.82, 2.24) is 4.90 Å². The number of amides is 3. The monoisotopic (exact) mass is 997 g/mol. The fraction of sp³-hybridized carbons (Fsp3) is 0.263. The second-order valence-corrected chi connectivity index (χ2v) is 18.2. The lowest BCUT2D eigenvalue weighted by atomic mass is 9.65. The lowest BCUT2D eigenvalue weighted by Gasteiger charge is -2.46. The summed E-state index contributed by atoms with van der Waals surface area (Å²) in [6, 6.07) is 39.4. The van der Waals surface area contributed by atoms with Crippen LogP contribution in [0.5, 0.6) is 5.75 Å². The van der Waals surface area contributed by atoms with Crippen molar-refractivity contribution in [3.05, 3.63) is 195 Å². The first kappa shape index (κ1) is 49.2. The van der Waals surface area contributed by atoms with E-state index in [-0.39, 0.29) is 49.8 Å². The van der Waals surface area contributed by atoms with Gasteiger partial charge in [0.2, 0.25) is 11.8 Å². The third-order valence-corrected chi connectivity index (χ3v) is 14.0. The number of rotatable bonds is 13. The fourth-order valence-corrected chi connectivity index (χ4v) is 10.8. The fourth-order valence-electron chi connectivity index (χ4n) is 10.8. The number of non-ortho nitro benzene ring substituents is 1. The summed E-state index contributed by atoms with van der Waals surface area (Å²) >= 11 is 0. The van der Waals surface area contributed by atoms with E-state index in [0.717, 1.165) is 10.6 Å². The Labute approximate surface area is 426 Å². The Morgan fingerprint density at radius 2 is 1.49 bits per heavy atom. The predicted molar refractivity (Wildman–Crippen MR) is 271 cm³/mol. The van der Waals surface area contributed by atoms with E-state index in [1.165, 1.54) is 24.3 Å². The number of benzene rings is 6. The number of nitrogens with zero attached hydrogens (tertiary/aromatic N) is 4. The Kier molecular flexibility index (Phi) is 14.2. The molecule has 4 aliphatic rings. The van der Waals surface area contributed by atoms with Gasteiger partial charge in [-0.3, -0.25) is 29.4 Å². The van der Waals surface area contributed by atoms with E-state index in [2.05, 4.69) is 22.1 Å². The smallest absolute Gasteiger partial charge is 0.421 e. The van der Waals surface area contributed by atoms with Crippen molar-refractivity contribution in [3.63, 3.8) is 0 Å². The van der Waals surface area contributed by atoms with Crippen molar-refractivity contribution in [2.75, 3.05) is 61.2 Å². The van der Waals surface area contributed by atoms with Gasteiger partial charge in [-0.05, 0) is 94.5 Å². The molecule has 0 radical (unpaired) electrons. The van der Waals surface area contributed by atoms with Gasteiger partial charge in [0.15, 0.2) is 0 Å². The number of hydrogen-bond acceptors (Lipinski definition) is 14. The minimum atomic E-state index is -2.15. The molecule has 0 aromatic heterocycles. The number of aliphatic hydroxyl groups is 2. The predicted octanol–water partition coefficient (Wildman–Crippen LogP) is 7.18. The van der Waals surface area contributed by atoms with Gasteiger partial charge in [-0.1, -0.05) is 84.6 Å². The number of anilines is 3. The van der Waals surface area contributed by atoms with Crippen LogP contribution in [0, 0.1) is 27.9 Å². The van der Waals surface area contributed by atoms with E-state index in [0.29, 0.717) is 65.6 Å². The van der Waals surface area contributed by atoms with E-state index in [1.807, 2.05) is 77.7 Å². The molecular formula is C57H51N5O12. The summed E-state index contributed by atoms with van der Waals surface area (Å²) in [5.74, 6) is 2.41. The lowest BCUT2D eigenvalue weighted by molar-refractivity contribution is -0.384. The number of carbonyl (C=O) groups excluding carboxylic acids is 4. The summed E-state index contributed by atoms with van der Waals surface area (Å²) in [5.41, 5.74) is 1.86. The van der Waals surface area contributed by atoms with Crippen LogP contribution in [-0.4, -0.2) is 96.1 Å². The lowest BCUT2D eigenvalue weighted by Crippen LogP contribution is -2.54. The summed E-state index contributed by atoms with van der Waals surface area (Å²) < 4.78 is 23.8. The van der Waals surface area contributed by atoms with E-state index >= 15 is 14.4 Å². The van der Waals surface area contributed by atoms with Crippen LogP contribution in [0.2, 0.25) is 0 Å². The standard InChI is InChI=1S/C57H51N5O12/c63-30-8-7-9-37-16-27-47-46(35-37)57(55(67)60(47)56(68)73-36-38-14-21-44(22-15-38)62(69)70)48(53(65)58-42-19-23-43(24-20-42)59-28-32-71-33-29-59)50-54(66)74-51(40-12-5-2-6-13-40)49(39-10-3-1-4-11-39)61(50)52(57)41-17-25-45(26-18-41)72-34-31-64/h1-6,10-27,35,48-52,63-64H,8,28-34,36H2,(H,58,65)/t48-,49-,50-,51+,52+,57-/m1/s1. The molecule has 6 aromatic rings. The normalized spacial score (nSPS) is 22.0. The molecule has 0 bridgehead atoms. The van der Waals surface area contributed by atoms with Gasteiger partial charge in [0, 0.05) is 48.6 Å². The molecule has 1 spiro atoms. The number of carbonyl (C=O) groups is 4. The molecule has 0 aliphatic carbocycles. The van der Waals surface area contributed by atoms with E-state index < -0.39 is 64.4 Å².